The highest BCUT2D eigenvalue weighted by molar-refractivity contribution is 6.46. The van der Waals surface area contributed by atoms with Crippen molar-refractivity contribution in [1.82, 2.24) is 0 Å². The van der Waals surface area contributed by atoms with Crippen LogP contribution < -0.4 is 10.2 Å². The van der Waals surface area contributed by atoms with Crippen LogP contribution in [-0.4, -0.2) is 11.8 Å². The minimum atomic E-state index is -0.445. The van der Waals surface area contributed by atoms with Gasteiger partial charge >= 0.3 is 0 Å². The summed E-state index contributed by atoms with van der Waals surface area (Å²) in [5.74, 6) is -1.30. The molecule has 0 unspecified atom stereocenters. The summed E-state index contributed by atoms with van der Waals surface area (Å²) in [6.45, 7) is 3.93. The lowest BCUT2D eigenvalue weighted by molar-refractivity contribution is -0.120. The minimum absolute atomic E-state index is 0.176. The van der Waals surface area contributed by atoms with Crippen LogP contribution in [0.3, 0.4) is 0 Å². The highest BCUT2D eigenvalue weighted by Gasteiger charge is 2.40. The first-order valence-corrected chi connectivity index (χ1v) is 9.23. The molecule has 1 N–H and O–H groups in total. The summed E-state index contributed by atoms with van der Waals surface area (Å²) in [5.41, 5.74) is 4.15. The highest BCUT2D eigenvalue weighted by atomic mass is 19.1. The number of rotatable bonds is 4. The number of halogens is 1. The topological polar surface area (TPSA) is 49.4 Å². The Morgan fingerprint density at radius 1 is 0.793 bits per heavy atom. The Morgan fingerprint density at radius 2 is 1.41 bits per heavy atom. The van der Waals surface area contributed by atoms with Crippen LogP contribution in [0.5, 0.6) is 0 Å². The van der Waals surface area contributed by atoms with Gasteiger partial charge in [0.1, 0.15) is 11.5 Å². The number of amides is 2. The fraction of sp³-hybridized carbons (Fsp3) is 0.0833. The first-order valence-electron chi connectivity index (χ1n) is 9.23. The van der Waals surface area contributed by atoms with Crippen molar-refractivity contribution in [2.75, 3.05) is 10.2 Å². The molecule has 3 aromatic carbocycles. The van der Waals surface area contributed by atoms with E-state index in [-0.39, 0.29) is 11.3 Å². The molecule has 3 aromatic rings. The zero-order valence-corrected chi connectivity index (χ0v) is 16.1. The van der Waals surface area contributed by atoms with Gasteiger partial charge in [0.15, 0.2) is 0 Å². The average Bonchev–Trinajstić information content (AvgIpc) is 2.92. The van der Waals surface area contributed by atoms with Crippen molar-refractivity contribution in [3.8, 4) is 0 Å². The van der Waals surface area contributed by atoms with Crippen molar-refractivity contribution in [2.24, 2.45) is 0 Å². The van der Waals surface area contributed by atoms with Gasteiger partial charge in [-0.15, -0.1) is 0 Å². The monoisotopic (exact) mass is 386 g/mol. The summed E-state index contributed by atoms with van der Waals surface area (Å²) in [6, 6.07) is 20.2. The van der Waals surface area contributed by atoms with Gasteiger partial charge in [0.2, 0.25) is 0 Å². The zero-order valence-electron chi connectivity index (χ0n) is 16.1. The minimum Gasteiger partial charge on any atom is -0.350 e. The standard InChI is InChI=1S/C24H19FN2O2/c1-15-12-16(2)14-19(13-15)26-22-21(17-8-10-18(25)11-9-17)23(28)27(24(22)29)20-6-4-3-5-7-20/h3-14,26H,1-2H3. The van der Waals surface area contributed by atoms with Gasteiger partial charge in [0.05, 0.1) is 11.3 Å². The first-order chi connectivity index (χ1) is 13.9. The van der Waals surface area contributed by atoms with E-state index in [4.69, 9.17) is 0 Å². The summed E-state index contributed by atoms with van der Waals surface area (Å²) >= 11 is 0. The molecular formula is C24H19FN2O2. The predicted octanol–water partition coefficient (Wildman–Crippen LogP) is 4.84. The lowest BCUT2D eigenvalue weighted by Crippen LogP contribution is -2.32. The summed E-state index contributed by atoms with van der Waals surface area (Å²) < 4.78 is 13.4. The third kappa shape index (κ3) is 3.55. The molecule has 0 aromatic heterocycles. The molecule has 4 rings (SSSR count). The summed E-state index contributed by atoms with van der Waals surface area (Å²) in [5, 5.41) is 3.14. The number of hydrogen-bond acceptors (Lipinski definition) is 3. The van der Waals surface area contributed by atoms with Crippen molar-refractivity contribution in [3.05, 3.63) is 101 Å². The van der Waals surface area contributed by atoms with Crippen molar-refractivity contribution in [3.63, 3.8) is 0 Å². The summed E-state index contributed by atoms with van der Waals surface area (Å²) in [4.78, 5) is 27.6. The molecule has 0 saturated heterocycles. The maximum absolute atomic E-state index is 13.4. The van der Waals surface area contributed by atoms with Crippen molar-refractivity contribution in [2.45, 2.75) is 13.8 Å². The van der Waals surface area contributed by atoms with Gasteiger partial charge in [-0.05, 0) is 66.9 Å². The van der Waals surface area contributed by atoms with Gasteiger partial charge in [-0.25, -0.2) is 9.29 Å². The second kappa shape index (κ2) is 7.36. The van der Waals surface area contributed by atoms with Crippen LogP contribution in [0.4, 0.5) is 15.8 Å². The van der Waals surface area contributed by atoms with E-state index < -0.39 is 17.6 Å². The Hall–Kier alpha value is -3.73. The number of nitrogens with zero attached hydrogens (tertiary/aromatic N) is 1. The molecule has 4 nitrogen and oxygen atoms in total. The quantitative estimate of drug-likeness (QED) is 0.653. The molecule has 0 fully saturated rings. The molecular weight excluding hydrogens is 367 g/mol. The number of aryl methyl sites for hydroxylation is 2. The van der Waals surface area contributed by atoms with Gasteiger partial charge in [-0.1, -0.05) is 36.4 Å². The van der Waals surface area contributed by atoms with E-state index >= 15 is 0 Å². The Labute approximate surface area is 168 Å². The zero-order chi connectivity index (χ0) is 20.5. The van der Waals surface area contributed by atoms with Gasteiger partial charge in [0.25, 0.3) is 11.8 Å². The molecule has 1 aliphatic rings. The van der Waals surface area contributed by atoms with Crippen molar-refractivity contribution < 1.29 is 14.0 Å². The van der Waals surface area contributed by atoms with E-state index in [1.54, 1.807) is 24.3 Å². The fourth-order valence-corrected chi connectivity index (χ4v) is 3.53. The molecule has 0 atom stereocenters. The van der Waals surface area contributed by atoms with Gasteiger partial charge in [0, 0.05) is 5.69 Å². The lowest BCUT2D eigenvalue weighted by atomic mass is 10.0. The normalized spacial score (nSPS) is 14.0. The number of carbonyl (C=O) groups is 2. The molecule has 0 saturated carbocycles. The molecule has 0 bridgehead atoms. The average molecular weight is 386 g/mol. The van der Waals surface area contributed by atoms with E-state index in [1.165, 1.54) is 24.3 Å². The SMILES string of the molecule is Cc1cc(C)cc(NC2=C(c3ccc(F)cc3)C(=O)N(c3ccccc3)C2=O)c1. The summed E-state index contributed by atoms with van der Waals surface area (Å²) in [6.07, 6.45) is 0. The molecule has 29 heavy (non-hydrogen) atoms. The van der Waals surface area contributed by atoms with Crippen molar-refractivity contribution >= 4 is 28.8 Å². The van der Waals surface area contributed by atoms with Crippen LogP contribution in [0.15, 0.2) is 78.5 Å². The number of anilines is 2. The molecule has 0 spiro atoms. The van der Waals surface area contributed by atoms with E-state index in [1.807, 2.05) is 38.1 Å². The van der Waals surface area contributed by atoms with Crippen LogP contribution in [0.2, 0.25) is 0 Å². The number of benzene rings is 3. The number of nitrogens with one attached hydrogen (secondary N) is 1. The Morgan fingerprint density at radius 3 is 2.03 bits per heavy atom. The predicted molar refractivity (Wildman–Crippen MR) is 112 cm³/mol. The molecule has 2 amide bonds. The Kier molecular flexibility index (Phi) is 4.72. The smallest absolute Gasteiger partial charge is 0.282 e. The second-order valence-electron chi connectivity index (χ2n) is 7.04. The third-order valence-corrected chi connectivity index (χ3v) is 4.72. The van der Waals surface area contributed by atoms with Crippen LogP contribution in [0, 0.1) is 19.7 Å². The van der Waals surface area contributed by atoms with Gasteiger partial charge < -0.3 is 5.32 Å². The maximum atomic E-state index is 13.4. The molecule has 5 heteroatoms. The maximum Gasteiger partial charge on any atom is 0.282 e. The first kappa shape index (κ1) is 18.6. The van der Waals surface area contributed by atoms with E-state index in [0.717, 1.165) is 16.0 Å². The fourth-order valence-electron chi connectivity index (χ4n) is 3.53. The number of carbonyl (C=O) groups excluding carboxylic acids is 2. The molecule has 0 radical (unpaired) electrons. The lowest BCUT2D eigenvalue weighted by Gasteiger charge is -2.15. The van der Waals surface area contributed by atoms with Crippen LogP contribution in [0.25, 0.3) is 5.57 Å². The summed E-state index contributed by atoms with van der Waals surface area (Å²) in [7, 11) is 0. The third-order valence-electron chi connectivity index (χ3n) is 4.72. The van der Waals surface area contributed by atoms with Crippen LogP contribution in [0.1, 0.15) is 16.7 Å². The molecule has 0 aliphatic carbocycles. The van der Waals surface area contributed by atoms with Crippen LogP contribution >= 0.6 is 0 Å². The Bertz CT molecular complexity index is 1120. The highest BCUT2D eigenvalue weighted by Crippen LogP contribution is 2.34. The molecule has 1 aliphatic heterocycles. The number of hydrogen-bond donors (Lipinski definition) is 1. The molecule has 144 valence electrons. The van der Waals surface area contributed by atoms with E-state index in [0.29, 0.717) is 16.9 Å². The van der Waals surface area contributed by atoms with Gasteiger partial charge in [-0.2, -0.15) is 0 Å². The van der Waals surface area contributed by atoms with Gasteiger partial charge in [-0.3, -0.25) is 9.59 Å². The number of para-hydroxylation sites is 1. The van der Waals surface area contributed by atoms with E-state index in [9.17, 15) is 14.0 Å². The van der Waals surface area contributed by atoms with Crippen LogP contribution in [-0.2, 0) is 9.59 Å². The van der Waals surface area contributed by atoms with E-state index in [2.05, 4.69) is 5.32 Å². The second-order valence-corrected chi connectivity index (χ2v) is 7.04. The molecule has 1 heterocycles. The largest absolute Gasteiger partial charge is 0.350 e. The number of imide groups is 1. The Balaban J connectivity index is 1.84. The van der Waals surface area contributed by atoms with Crippen molar-refractivity contribution in [1.29, 1.82) is 0 Å².